The topological polar surface area (TPSA) is 0 Å². The van der Waals surface area contributed by atoms with Crippen molar-refractivity contribution in [2.75, 3.05) is 0 Å². The Balaban J connectivity index is 2.19. The Morgan fingerprint density at radius 3 is 1.65 bits per heavy atom. The van der Waals surface area contributed by atoms with Crippen LogP contribution in [0.15, 0.2) is 72.8 Å². The number of allylic oxidation sites excluding steroid dienone is 2. The molecule has 0 fully saturated rings. The van der Waals surface area contributed by atoms with Gasteiger partial charge in [-0.1, -0.05) is 78.5 Å². The molecule has 1 aliphatic rings. The molecule has 1 aliphatic heterocycles. The van der Waals surface area contributed by atoms with Crippen molar-refractivity contribution in [1.29, 1.82) is 0 Å². The molecule has 0 nitrogen and oxygen atoms in total. The summed E-state index contributed by atoms with van der Waals surface area (Å²) in [5.41, 5.74) is 5.15. The van der Waals surface area contributed by atoms with Crippen LogP contribution in [-0.2, 0) is 5.04 Å². The van der Waals surface area contributed by atoms with Gasteiger partial charge < -0.3 is 0 Å². The van der Waals surface area contributed by atoms with Crippen LogP contribution in [0.4, 0.5) is 0 Å². The van der Waals surface area contributed by atoms with Crippen LogP contribution in [0.5, 0.6) is 0 Å². The maximum absolute atomic E-state index is 2.35. The lowest BCUT2D eigenvalue weighted by Crippen LogP contribution is -2.26. The molecule has 0 aromatic heterocycles. The molecule has 0 aliphatic carbocycles. The van der Waals surface area contributed by atoms with Gasteiger partial charge in [-0.2, -0.15) is 0 Å². The van der Waals surface area contributed by atoms with Gasteiger partial charge in [0.15, 0.2) is 0 Å². The van der Waals surface area contributed by atoms with Crippen molar-refractivity contribution in [2.24, 2.45) is 0 Å². The van der Waals surface area contributed by atoms with Crippen molar-refractivity contribution in [3.63, 3.8) is 0 Å². The van der Waals surface area contributed by atoms with Gasteiger partial charge in [0.05, 0.1) is 0 Å². The van der Waals surface area contributed by atoms with Gasteiger partial charge >= 0.3 is 0 Å². The third kappa shape index (κ3) is 1.73. The molecule has 1 heteroatoms. The summed E-state index contributed by atoms with van der Waals surface area (Å²) in [5.74, 6) is 0. The Kier molecular flexibility index (Phi) is 2.61. The molecule has 82 valence electrons. The highest BCUT2D eigenvalue weighted by Crippen LogP contribution is 2.32. The normalized spacial score (nSPS) is 16.2. The minimum absolute atomic E-state index is 0.128. The van der Waals surface area contributed by atoms with E-state index in [0.29, 0.717) is 0 Å². The van der Waals surface area contributed by atoms with E-state index in [9.17, 15) is 0 Å². The first kappa shape index (κ1) is 10.4. The molecule has 0 N–H and O–H groups in total. The van der Waals surface area contributed by atoms with Crippen molar-refractivity contribution in [3.8, 4) is 0 Å². The number of rotatable bonds is 2. The first-order chi connectivity index (χ1) is 8.42. The van der Waals surface area contributed by atoms with Crippen LogP contribution in [0.2, 0.25) is 0 Å². The molecule has 17 heavy (non-hydrogen) atoms. The zero-order valence-corrected chi connectivity index (χ0v) is 10.7. The van der Waals surface area contributed by atoms with Crippen LogP contribution >= 0.6 is 0 Å². The van der Waals surface area contributed by atoms with E-state index >= 15 is 0 Å². The third-order valence-corrected chi connectivity index (χ3v) is 5.13. The summed E-state index contributed by atoms with van der Waals surface area (Å²) in [5, 5.41) is 0.128. The van der Waals surface area contributed by atoms with Crippen LogP contribution in [0.3, 0.4) is 0 Å². The van der Waals surface area contributed by atoms with Gasteiger partial charge in [-0.15, -0.1) is 0 Å². The Morgan fingerprint density at radius 2 is 1.24 bits per heavy atom. The average molecular weight is 234 g/mol. The minimum Gasteiger partial charge on any atom is -0.0836 e. The second kappa shape index (κ2) is 4.26. The highest BCUT2D eigenvalue weighted by atomic mass is 28.2. The van der Waals surface area contributed by atoms with Gasteiger partial charge in [-0.3, -0.25) is 0 Å². The van der Waals surface area contributed by atoms with Crippen LogP contribution in [0.25, 0.3) is 0 Å². The summed E-state index contributed by atoms with van der Waals surface area (Å²) in [7, 11) is 0.253. The summed E-state index contributed by atoms with van der Waals surface area (Å²) >= 11 is 0. The lowest BCUT2D eigenvalue weighted by Gasteiger charge is -2.26. The first-order valence-corrected chi connectivity index (χ1v) is 7.14. The summed E-state index contributed by atoms with van der Waals surface area (Å²) in [6.07, 6.45) is 4.57. The highest BCUT2D eigenvalue weighted by molar-refractivity contribution is 6.56. The van der Waals surface area contributed by atoms with E-state index in [-0.39, 0.29) is 14.2 Å². The van der Waals surface area contributed by atoms with Crippen molar-refractivity contribution in [1.82, 2.24) is 0 Å². The molecular formula is C16H14Si. The molecule has 0 amide bonds. The lowest BCUT2D eigenvalue weighted by atomic mass is 9.90. The quantitative estimate of drug-likeness (QED) is 0.701. The molecule has 0 bridgehead atoms. The van der Waals surface area contributed by atoms with E-state index < -0.39 is 0 Å². The largest absolute Gasteiger partial charge is 0.0836 e. The van der Waals surface area contributed by atoms with E-state index in [1.807, 2.05) is 0 Å². The van der Waals surface area contributed by atoms with E-state index in [0.717, 1.165) is 0 Å². The van der Waals surface area contributed by atoms with Crippen molar-refractivity contribution < 1.29 is 0 Å². The molecule has 1 heterocycles. The van der Waals surface area contributed by atoms with Crippen molar-refractivity contribution >= 4 is 14.8 Å². The van der Waals surface area contributed by atoms with Gasteiger partial charge in [0.25, 0.3) is 0 Å². The SMILES string of the molecule is C1=CC(c2ccccc2)(c2ccccc2)[SiH]=C1. The van der Waals surface area contributed by atoms with Crippen LogP contribution < -0.4 is 0 Å². The Bertz CT molecular complexity index is 499. The fraction of sp³-hybridized carbons (Fsp3) is 0.0625. The van der Waals surface area contributed by atoms with Gasteiger partial charge in [-0.25, -0.2) is 0 Å². The van der Waals surface area contributed by atoms with Crippen molar-refractivity contribution in [3.05, 3.63) is 83.9 Å². The second-order valence-electron chi connectivity index (χ2n) is 4.32. The Hall–Kier alpha value is -1.73. The second-order valence-corrected chi connectivity index (χ2v) is 5.95. The van der Waals surface area contributed by atoms with Gasteiger partial charge in [0, 0.05) is 14.2 Å². The standard InChI is InChI=1S/C16H14Si/c1-3-8-14(9-4-1)16(12-7-13-17-16)15-10-5-2-6-11-15/h1-13,17H. The summed E-state index contributed by atoms with van der Waals surface area (Å²) < 4.78 is 0. The van der Waals surface area contributed by atoms with Gasteiger partial charge in [-0.05, 0) is 11.1 Å². The predicted octanol–water partition coefficient (Wildman–Crippen LogP) is 2.74. The zero-order valence-electron chi connectivity index (χ0n) is 9.58. The van der Waals surface area contributed by atoms with Crippen molar-refractivity contribution in [2.45, 2.75) is 5.04 Å². The fourth-order valence-corrected chi connectivity index (χ4v) is 3.97. The van der Waals surface area contributed by atoms with Crippen LogP contribution in [-0.4, -0.2) is 14.8 Å². The maximum atomic E-state index is 2.35. The lowest BCUT2D eigenvalue weighted by molar-refractivity contribution is 0.924. The fourth-order valence-electron chi connectivity index (χ4n) is 2.45. The minimum atomic E-state index is 0.128. The Labute approximate surface area is 104 Å². The van der Waals surface area contributed by atoms with Crippen LogP contribution in [0, 0.1) is 0 Å². The summed E-state index contributed by atoms with van der Waals surface area (Å²) in [6, 6.07) is 21.6. The van der Waals surface area contributed by atoms with E-state index in [4.69, 9.17) is 0 Å². The molecule has 0 atom stereocenters. The van der Waals surface area contributed by atoms with E-state index in [1.165, 1.54) is 11.1 Å². The maximum Gasteiger partial charge on any atom is 0.0423 e. The molecule has 0 unspecified atom stereocenters. The van der Waals surface area contributed by atoms with E-state index in [1.54, 1.807) is 0 Å². The number of benzene rings is 2. The first-order valence-electron chi connectivity index (χ1n) is 5.90. The predicted molar refractivity (Wildman–Crippen MR) is 76.0 cm³/mol. The molecular weight excluding hydrogens is 220 g/mol. The number of hydrogen-bond donors (Lipinski definition) is 0. The summed E-state index contributed by atoms with van der Waals surface area (Å²) in [6.45, 7) is 0. The smallest absolute Gasteiger partial charge is 0.0423 e. The Morgan fingerprint density at radius 1 is 0.706 bits per heavy atom. The summed E-state index contributed by atoms with van der Waals surface area (Å²) in [4.78, 5) is 0. The molecule has 0 saturated heterocycles. The van der Waals surface area contributed by atoms with Crippen LogP contribution in [0.1, 0.15) is 11.1 Å². The molecule has 0 radical (unpaired) electrons. The van der Waals surface area contributed by atoms with Gasteiger partial charge in [0.2, 0.25) is 0 Å². The monoisotopic (exact) mass is 234 g/mol. The average Bonchev–Trinajstić information content (AvgIpc) is 2.91. The molecule has 0 spiro atoms. The molecule has 2 aromatic carbocycles. The zero-order chi connectivity index (χ0) is 11.6. The number of hydrogen-bond acceptors (Lipinski definition) is 0. The van der Waals surface area contributed by atoms with Gasteiger partial charge in [0.1, 0.15) is 0 Å². The van der Waals surface area contributed by atoms with E-state index in [2.05, 4.69) is 78.5 Å². The molecule has 0 saturated carbocycles. The third-order valence-electron chi connectivity index (χ3n) is 3.33. The molecule has 2 aromatic rings. The highest BCUT2D eigenvalue weighted by Gasteiger charge is 2.29. The molecule has 3 rings (SSSR count).